The molecule has 1 saturated heterocycles. The van der Waals surface area contributed by atoms with Crippen LogP contribution in [0, 0.1) is 13.8 Å². The first-order valence-corrected chi connectivity index (χ1v) is 12.7. The van der Waals surface area contributed by atoms with Crippen LogP contribution in [0.5, 0.6) is 0 Å². The number of aliphatic hydroxyl groups is 1. The molecular formula is C27H55N3O2S. The van der Waals surface area contributed by atoms with Gasteiger partial charge >= 0.3 is 0 Å². The van der Waals surface area contributed by atoms with Crippen LogP contribution in [0.25, 0.3) is 0 Å². The number of aryl methyl sites for hydroxylation is 2. The van der Waals surface area contributed by atoms with E-state index in [0.29, 0.717) is 6.10 Å². The largest absolute Gasteiger partial charge is 0.397 e. The minimum atomic E-state index is -0.222. The van der Waals surface area contributed by atoms with Crippen molar-refractivity contribution in [3.8, 4) is 0 Å². The zero-order chi connectivity index (χ0) is 26.7. The summed E-state index contributed by atoms with van der Waals surface area (Å²) in [5.74, 6) is 3.56. The van der Waals surface area contributed by atoms with Gasteiger partial charge in [-0.1, -0.05) is 52.3 Å². The molecule has 2 rings (SSSR count). The number of rotatable bonds is 5. The average molecular weight is 486 g/mol. The number of thiol groups is 1. The van der Waals surface area contributed by atoms with Gasteiger partial charge in [0, 0.05) is 6.61 Å². The van der Waals surface area contributed by atoms with E-state index in [-0.39, 0.29) is 12.1 Å². The summed E-state index contributed by atoms with van der Waals surface area (Å²) in [6.45, 7) is 24.8. The standard InChI is InChI=1S/C13H17N.C5H10O.C3H9N.C2H7N.C2H6O.C2H6S/c1-6-14-13(4,5)12-8-7-10(2)11(3)9-12;1-2-3-5-4-6-5;1-3-4-2;3*1-2-3/h7-9H,1H2,2-5H3;5H,2-4H2,1H3;4H,3H2,1-2H3;2-3H2,1H3;2*3H,2H2,1H3. The summed E-state index contributed by atoms with van der Waals surface area (Å²) < 4.78 is 4.95. The summed E-state index contributed by atoms with van der Waals surface area (Å²) in [5.41, 5.74) is 8.44. The summed E-state index contributed by atoms with van der Waals surface area (Å²) in [5, 5.41) is 10.5. The second-order valence-electron chi connectivity index (χ2n) is 7.62. The number of hydrogen-bond acceptors (Lipinski definition) is 6. The van der Waals surface area contributed by atoms with Gasteiger partial charge in [-0.3, -0.25) is 0 Å². The highest BCUT2D eigenvalue weighted by atomic mass is 32.1. The van der Waals surface area contributed by atoms with E-state index in [9.17, 15) is 0 Å². The quantitative estimate of drug-likeness (QED) is 0.245. The Labute approximate surface area is 211 Å². The van der Waals surface area contributed by atoms with E-state index in [1.165, 1.54) is 29.5 Å². The molecule has 0 aliphatic carbocycles. The third-order valence-electron chi connectivity index (χ3n) is 3.94. The third-order valence-corrected chi connectivity index (χ3v) is 3.94. The maximum absolute atomic E-state index is 7.57. The topological polar surface area (TPSA) is 83.2 Å². The summed E-state index contributed by atoms with van der Waals surface area (Å²) in [6, 6.07) is 6.42. The average Bonchev–Trinajstić information content (AvgIpc) is 3.57. The molecule has 1 aromatic rings. The first-order chi connectivity index (χ1) is 15.6. The van der Waals surface area contributed by atoms with E-state index in [1.807, 2.05) is 20.9 Å². The molecule has 4 N–H and O–H groups in total. The highest BCUT2D eigenvalue weighted by Gasteiger charge is 2.20. The number of nitrogens with one attached hydrogen (secondary N) is 1. The fourth-order valence-electron chi connectivity index (χ4n) is 1.94. The van der Waals surface area contributed by atoms with Gasteiger partial charge in [-0.05, 0) is 96.1 Å². The summed E-state index contributed by atoms with van der Waals surface area (Å²) in [4.78, 5) is 4.24. The summed E-state index contributed by atoms with van der Waals surface area (Å²) >= 11 is 3.79. The Morgan fingerprint density at radius 1 is 1.21 bits per heavy atom. The van der Waals surface area contributed by atoms with E-state index < -0.39 is 0 Å². The van der Waals surface area contributed by atoms with Crippen LogP contribution in [-0.2, 0) is 10.3 Å². The molecule has 0 bridgehead atoms. The number of hydrogen-bond donors (Lipinski definition) is 4. The maximum atomic E-state index is 7.57. The number of aliphatic imine (C=N–C) groups is 1. The molecule has 0 saturated carbocycles. The van der Waals surface area contributed by atoms with Gasteiger partial charge in [0.1, 0.15) is 0 Å². The molecular weight excluding hydrogens is 430 g/mol. The predicted octanol–water partition coefficient (Wildman–Crippen LogP) is 5.70. The van der Waals surface area contributed by atoms with Crippen molar-refractivity contribution in [2.45, 2.75) is 86.8 Å². The lowest BCUT2D eigenvalue weighted by Gasteiger charge is -2.19. The van der Waals surface area contributed by atoms with Crippen molar-refractivity contribution in [2.24, 2.45) is 10.7 Å². The zero-order valence-corrected chi connectivity index (χ0v) is 24.2. The van der Waals surface area contributed by atoms with Gasteiger partial charge in [-0.25, -0.2) is 4.99 Å². The molecule has 1 atom stereocenters. The van der Waals surface area contributed by atoms with Gasteiger partial charge < -0.3 is 20.9 Å². The lowest BCUT2D eigenvalue weighted by Crippen LogP contribution is -2.13. The molecule has 1 aromatic carbocycles. The number of epoxide rings is 1. The van der Waals surface area contributed by atoms with Crippen molar-refractivity contribution in [1.29, 1.82) is 0 Å². The van der Waals surface area contributed by atoms with Crippen molar-refractivity contribution < 1.29 is 9.84 Å². The first kappa shape index (κ1) is 39.1. The molecule has 0 radical (unpaired) electrons. The van der Waals surface area contributed by atoms with Crippen LogP contribution < -0.4 is 11.1 Å². The Balaban J connectivity index is -0.000000183. The Kier molecular flexibility index (Phi) is 34.2. The number of nitrogens with two attached hydrogens (primary N) is 1. The van der Waals surface area contributed by atoms with Crippen LogP contribution >= 0.6 is 12.6 Å². The monoisotopic (exact) mass is 485 g/mol. The molecule has 0 spiro atoms. The molecule has 0 amide bonds. The highest BCUT2D eigenvalue weighted by Crippen LogP contribution is 2.25. The molecule has 33 heavy (non-hydrogen) atoms. The lowest BCUT2D eigenvalue weighted by atomic mass is 9.92. The summed E-state index contributed by atoms with van der Waals surface area (Å²) in [6.07, 6.45) is 3.18. The molecule has 0 aromatic heterocycles. The van der Waals surface area contributed by atoms with Crippen molar-refractivity contribution in [1.82, 2.24) is 5.32 Å². The Morgan fingerprint density at radius 2 is 1.64 bits per heavy atom. The normalized spacial score (nSPS) is 12.7. The lowest BCUT2D eigenvalue weighted by molar-refractivity contribution is 0.318. The van der Waals surface area contributed by atoms with Gasteiger partial charge in [-0.2, -0.15) is 12.6 Å². The molecule has 1 unspecified atom stereocenters. The highest BCUT2D eigenvalue weighted by molar-refractivity contribution is 7.80. The van der Waals surface area contributed by atoms with E-state index in [4.69, 9.17) is 15.6 Å². The summed E-state index contributed by atoms with van der Waals surface area (Å²) in [7, 11) is 1.93. The number of ether oxygens (including phenoxy) is 1. The molecule has 1 aliphatic rings. The van der Waals surface area contributed by atoms with Gasteiger partial charge in [0.25, 0.3) is 0 Å². The van der Waals surface area contributed by atoms with Gasteiger partial charge in [0.05, 0.1) is 18.2 Å². The number of aliphatic hydroxyl groups excluding tert-OH is 1. The van der Waals surface area contributed by atoms with Gasteiger partial charge in [0.2, 0.25) is 0 Å². The molecule has 5 nitrogen and oxygen atoms in total. The zero-order valence-electron chi connectivity index (χ0n) is 23.3. The Hall–Kier alpha value is -1.14. The first-order valence-electron chi connectivity index (χ1n) is 12.1. The molecule has 1 aliphatic heterocycles. The van der Waals surface area contributed by atoms with Gasteiger partial charge in [0.15, 0.2) is 0 Å². The Bertz CT molecular complexity index is 564. The molecule has 196 valence electrons. The molecule has 1 heterocycles. The van der Waals surface area contributed by atoms with Crippen LogP contribution in [-0.4, -0.2) is 56.2 Å². The van der Waals surface area contributed by atoms with Crippen molar-refractivity contribution in [3.05, 3.63) is 41.5 Å². The van der Waals surface area contributed by atoms with Crippen LogP contribution in [0.1, 0.15) is 78.0 Å². The van der Waals surface area contributed by atoms with Crippen LogP contribution in [0.4, 0.5) is 0 Å². The van der Waals surface area contributed by atoms with E-state index >= 15 is 0 Å². The second-order valence-corrected chi connectivity index (χ2v) is 8.25. The number of benzene rings is 1. The fraction of sp³-hybridized carbons (Fsp3) is 0.704. The van der Waals surface area contributed by atoms with Crippen LogP contribution in [0.2, 0.25) is 0 Å². The minimum absolute atomic E-state index is 0.222. The van der Waals surface area contributed by atoms with Crippen molar-refractivity contribution >= 4 is 18.5 Å². The Morgan fingerprint density at radius 3 is 1.88 bits per heavy atom. The van der Waals surface area contributed by atoms with Crippen LogP contribution in [0.3, 0.4) is 0 Å². The maximum Gasteiger partial charge on any atom is 0.0894 e. The fourth-order valence-corrected chi connectivity index (χ4v) is 1.94. The number of nitrogens with zero attached hydrogens (tertiary/aromatic N) is 1. The van der Waals surface area contributed by atoms with E-state index in [2.05, 4.69) is 95.1 Å². The van der Waals surface area contributed by atoms with Crippen molar-refractivity contribution in [3.63, 3.8) is 0 Å². The molecule has 1 fully saturated rings. The van der Waals surface area contributed by atoms with Gasteiger partial charge in [-0.15, -0.1) is 0 Å². The smallest absolute Gasteiger partial charge is 0.0894 e. The van der Waals surface area contributed by atoms with E-state index in [1.54, 1.807) is 6.92 Å². The SMILES string of the molecule is C=C=NC(C)(C)c1ccc(C)c(C)c1.CCCC1CO1.CCN.CCNC.CCO.CCS. The third kappa shape index (κ3) is 30.9. The van der Waals surface area contributed by atoms with Crippen molar-refractivity contribution in [2.75, 3.05) is 39.1 Å². The predicted molar refractivity (Wildman–Crippen MR) is 153 cm³/mol. The second kappa shape index (κ2) is 28.9. The van der Waals surface area contributed by atoms with Crippen LogP contribution in [0.15, 0.2) is 29.8 Å². The molecule has 6 heteroatoms. The van der Waals surface area contributed by atoms with E-state index in [0.717, 1.165) is 25.4 Å². The minimum Gasteiger partial charge on any atom is -0.397 e.